The molecule has 42 heavy (non-hydrogen) atoms. The zero-order chi connectivity index (χ0) is 31.5. The number of halogens is 2. The summed E-state index contributed by atoms with van der Waals surface area (Å²) in [4.78, 5) is 26.0. The summed E-state index contributed by atoms with van der Waals surface area (Å²) in [6.07, 6.45) is 2.85. The summed E-state index contributed by atoms with van der Waals surface area (Å²) in [5, 5.41) is 7.55. The van der Waals surface area contributed by atoms with Gasteiger partial charge in [-0.2, -0.15) is 5.10 Å². The molecule has 0 bridgehead atoms. The number of carbonyl (C=O) groups is 1. The van der Waals surface area contributed by atoms with E-state index < -0.39 is 7.12 Å². The van der Waals surface area contributed by atoms with Crippen LogP contribution in [0.5, 0.6) is 0 Å². The highest BCUT2D eigenvalue weighted by atomic mass is 35.5. The van der Waals surface area contributed by atoms with Crippen molar-refractivity contribution in [1.82, 2.24) is 25.4 Å². The maximum atomic E-state index is 12.4. The van der Waals surface area contributed by atoms with Crippen LogP contribution in [0.1, 0.15) is 73.4 Å². The van der Waals surface area contributed by atoms with Crippen LogP contribution >= 0.6 is 23.2 Å². The second-order valence-electron chi connectivity index (χ2n) is 11.9. The van der Waals surface area contributed by atoms with Crippen molar-refractivity contribution in [3.63, 3.8) is 0 Å². The fourth-order valence-corrected chi connectivity index (χ4v) is 4.38. The number of aliphatic imine (C=N–C) groups is 1. The number of benzene rings is 1. The van der Waals surface area contributed by atoms with Crippen molar-refractivity contribution in [3.05, 3.63) is 58.1 Å². The second-order valence-corrected chi connectivity index (χ2v) is 12.6. The number of rotatable bonds is 4. The highest BCUT2D eigenvalue weighted by molar-refractivity contribution is 6.62. The lowest BCUT2D eigenvalue weighted by Gasteiger charge is -2.32. The molecule has 1 fully saturated rings. The van der Waals surface area contributed by atoms with Gasteiger partial charge < -0.3 is 14.6 Å². The number of aryl methyl sites for hydroxylation is 1. The van der Waals surface area contributed by atoms with Crippen LogP contribution in [-0.2, 0) is 25.5 Å². The predicted molar refractivity (Wildman–Crippen MR) is 168 cm³/mol. The van der Waals surface area contributed by atoms with Crippen LogP contribution in [0.2, 0.25) is 10.3 Å². The number of nitrogens with one attached hydrogen (secondary N) is 2. The number of hydrogen-bond donors (Lipinski definition) is 2. The Bertz CT molecular complexity index is 1420. The molecule has 4 heterocycles. The minimum atomic E-state index is -0.397. The summed E-state index contributed by atoms with van der Waals surface area (Å²) in [5.41, 5.74) is 5.50. The number of hydrogen-bond acceptors (Lipinski definition) is 8. The molecule has 0 saturated carbocycles. The lowest BCUT2D eigenvalue weighted by atomic mass is 9.78. The van der Waals surface area contributed by atoms with Gasteiger partial charge in [0.2, 0.25) is 5.84 Å². The third-order valence-corrected chi connectivity index (χ3v) is 7.58. The normalized spacial score (nSPS) is 18.8. The molecule has 1 atom stereocenters. The van der Waals surface area contributed by atoms with Gasteiger partial charge in [0, 0.05) is 12.0 Å². The van der Waals surface area contributed by atoms with Gasteiger partial charge in [0.1, 0.15) is 10.7 Å². The molecule has 1 aromatic carbocycles. The van der Waals surface area contributed by atoms with Crippen LogP contribution in [0.25, 0.3) is 5.52 Å². The molecule has 2 aliphatic rings. The van der Waals surface area contributed by atoms with Crippen LogP contribution < -0.4 is 16.3 Å². The SMILES string of the molecule is CC.Cc1cc(B2OC(C)(C)C(C)(C)O2)ccc1CNC(=O)C1=NC(C(C)(C)C)ON1.Clc1cn2nccc2c(Cl)n1. The maximum absolute atomic E-state index is 12.4. The van der Waals surface area contributed by atoms with Crippen molar-refractivity contribution in [2.45, 2.75) is 93.2 Å². The highest BCUT2D eigenvalue weighted by Gasteiger charge is 2.51. The topological polar surface area (TPSA) is 111 Å². The first-order valence-corrected chi connectivity index (χ1v) is 14.7. The van der Waals surface area contributed by atoms with Gasteiger partial charge in [-0.25, -0.2) is 24.8 Å². The van der Waals surface area contributed by atoms with E-state index in [-0.39, 0.29) is 34.6 Å². The second kappa shape index (κ2) is 13.3. The van der Waals surface area contributed by atoms with Crippen molar-refractivity contribution in [2.24, 2.45) is 10.4 Å². The number of amides is 1. The van der Waals surface area contributed by atoms with Gasteiger partial charge in [0.15, 0.2) is 11.4 Å². The molecule has 1 unspecified atom stereocenters. The van der Waals surface area contributed by atoms with E-state index in [4.69, 9.17) is 37.3 Å². The van der Waals surface area contributed by atoms with E-state index in [1.807, 2.05) is 87.4 Å². The average Bonchev–Trinajstić information content (AvgIpc) is 3.63. The van der Waals surface area contributed by atoms with E-state index in [2.05, 4.69) is 25.9 Å². The molecule has 13 heteroatoms. The molecule has 3 aromatic rings. The molecule has 0 aliphatic carbocycles. The van der Waals surface area contributed by atoms with Gasteiger partial charge in [-0.1, -0.05) is 76.0 Å². The summed E-state index contributed by atoms with van der Waals surface area (Å²) in [5.74, 6) is -0.0809. The first-order valence-electron chi connectivity index (χ1n) is 14.0. The Morgan fingerprint density at radius 1 is 1.12 bits per heavy atom. The highest BCUT2D eigenvalue weighted by Crippen LogP contribution is 2.36. The summed E-state index contributed by atoms with van der Waals surface area (Å²) in [6.45, 7) is 20.6. The number of nitrogens with zero attached hydrogens (tertiary/aromatic N) is 4. The number of amidine groups is 1. The molecular weight excluding hydrogens is 578 g/mol. The molecule has 5 rings (SSSR count). The fourth-order valence-electron chi connectivity index (χ4n) is 3.92. The first-order chi connectivity index (χ1) is 19.6. The quantitative estimate of drug-likeness (QED) is 0.383. The van der Waals surface area contributed by atoms with Crippen molar-refractivity contribution < 1.29 is 18.9 Å². The summed E-state index contributed by atoms with van der Waals surface area (Å²) >= 11 is 11.4. The maximum Gasteiger partial charge on any atom is 0.494 e. The third kappa shape index (κ3) is 7.82. The van der Waals surface area contributed by atoms with Gasteiger partial charge in [-0.3, -0.25) is 4.79 Å². The minimum Gasteiger partial charge on any atom is -0.399 e. The third-order valence-electron chi connectivity index (χ3n) is 7.12. The van der Waals surface area contributed by atoms with Crippen LogP contribution in [0, 0.1) is 12.3 Å². The molecule has 228 valence electrons. The molecule has 2 aromatic heterocycles. The monoisotopic (exact) mass is 618 g/mol. The lowest BCUT2D eigenvalue weighted by molar-refractivity contribution is -0.115. The van der Waals surface area contributed by atoms with E-state index in [9.17, 15) is 4.79 Å². The Labute approximate surface area is 258 Å². The Kier molecular flexibility index (Phi) is 10.7. The van der Waals surface area contributed by atoms with Gasteiger partial charge in [-0.05, 0) is 57.3 Å². The molecule has 0 radical (unpaired) electrons. The molecule has 1 amide bonds. The van der Waals surface area contributed by atoms with Crippen LogP contribution in [0.4, 0.5) is 0 Å². The van der Waals surface area contributed by atoms with E-state index in [1.54, 1.807) is 23.0 Å². The Hall–Kier alpha value is -2.70. The van der Waals surface area contributed by atoms with Crippen molar-refractivity contribution in [1.29, 1.82) is 0 Å². The molecule has 1 saturated heterocycles. The molecule has 10 nitrogen and oxygen atoms in total. The van der Waals surface area contributed by atoms with Gasteiger partial charge >= 0.3 is 7.12 Å². The largest absolute Gasteiger partial charge is 0.494 e. The van der Waals surface area contributed by atoms with Crippen molar-refractivity contribution in [2.75, 3.05) is 0 Å². The summed E-state index contributed by atoms with van der Waals surface area (Å²) in [6, 6.07) is 7.80. The Morgan fingerprint density at radius 2 is 1.76 bits per heavy atom. The van der Waals surface area contributed by atoms with Gasteiger partial charge in [-0.15, -0.1) is 0 Å². The first kappa shape index (κ1) is 33.8. The standard InChI is InChI=1S/C21H32BN3O4.C6H3Cl2N3.C2H6/c1-13-11-15(22-28-20(5,6)21(7,8)29-22)10-9-14(13)12-23-17(26)16-24-18(27-25-16)19(2,3)4;7-5-3-11-4(1-2-9-11)6(8)10-5;1-2/h9-11,18H,12H2,1-8H3,(H,23,26)(H,24,25);1-3H;1-2H3. The average molecular weight is 619 g/mol. The van der Waals surface area contributed by atoms with Crippen LogP contribution in [-0.4, -0.2) is 50.9 Å². The van der Waals surface area contributed by atoms with Crippen molar-refractivity contribution >= 4 is 53.0 Å². The van der Waals surface area contributed by atoms with Crippen LogP contribution in [0.3, 0.4) is 0 Å². The number of aromatic nitrogens is 3. The molecular formula is C29H41BCl2N6O4. The Morgan fingerprint density at radius 3 is 2.33 bits per heavy atom. The smallest absolute Gasteiger partial charge is 0.399 e. The van der Waals surface area contributed by atoms with Crippen LogP contribution in [0.15, 0.2) is 41.7 Å². The molecule has 0 spiro atoms. The van der Waals surface area contributed by atoms with E-state index in [0.717, 1.165) is 22.1 Å². The predicted octanol–water partition coefficient (Wildman–Crippen LogP) is 5.28. The van der Waals surface area contributed by atoms with Gasteiger partial charge in [0.05, 0.1) is 23.6 Å². The number of carbonyl (C=O) groups excluding carboxylic acids is 1. The minimum absolute atomic E-state index is 0.186. The van der Waals surface area contributed by atoms with E-state index >= 15 is 0 Å². The zero-order valence-corrected chi connectivity index (χ0v) is 27.5. The lowest BCUT2D eigenvalue weighted by Crippen LogP contribution is -2.41. The number of fused-ring (bicyclic) bond motifs is 1. The van der Waals surface area contributed by atoms with Gasteiger partial charge in [0.25, 0.3) is 5.91 Å². The summed E-state index contributed by atoms with van der Waals surface area (Å²) < 4.78 is 13.8. The number of hydroxylamine groups is 1. The van der Waals surface area contributed by atoms with Crippen molar-refractivity contribution in [3.8, 4) is 0 Å². The molecule has 2 N–H and O–H groups in total. The van der Waals surface area contributed by atoms with E-state index in [0.29, 0.717) is 16.9 Å². The fraction of sp³-hybridized carbons (Fsp3) is 0.517. The van der Waals surface area contributed by atoms with E-state index in [1.165, 1.54) is 0 Å². The zero-order valence-electron chi connectivity index (χ0n) is 26.0. The summed E-state index contributed by atoms with van der Waals surface area (Å²) in [7, 11) is -0.397. The Balaban J connectivity index is 0.000000308. The molecule has 2 aliphatic heterocycles.